The van der Waals surface area contributed by atoms with Crippen molar-refractivity contribution in [2.24, 2.45) is 0 Å². The number of halogens is 12. The van der Waals surface area contributed by atoms with E-state index >= 15 is 13.2 Å². The Morgan fingerprint density at radius 3 is 1.33 bits per heavy atom. The Morgan fingerprint density at radius 1 is 0.417 bits per heavy atom. The van der Waals surface area contributed by atoms with Gasteiger partial charge in [0.1, 0.15) is 0 Å². The molecule has 0 saturated heterocycles. The second-order valence-electron chi connectivity index (χ2n) is 17.9. The fourth-order valence-electron chi connectivity index (χ4n) is 9.89. The average molecular weight is 991 g/mol. The van der Waals surface area contributed by atoms with E-state index in [0.29, 0.717) is 5.56 Å². The molecule has 7 aromatic carbocycles. The van der Waals surface area contributed by atoms with Crippen LogP contribution in [0.15, 0.2) is 134 Å². The summed E-state index contributed by atoms with van der Waals surface area (Å²) in [6.45, 7) is 5.91. The molecule has 362 valence electrons. The SMILES string of the molecule is Cc1cc(-c2ccc3c4cc(C(F)(F)F)cc(C)c4n(-c4cncc(-n5c6cc(-c7cc(C)cc(C(F)(F)F)c7)ccc6c6cc(C)cc(C(F)(F)F)c65)c4-c4ccc(C#N)cc4)c3c2)cc(C(F)(F)F)c1. The topological polar surface area (TPSA) is 46.5 Å². The highest BCUT2D eigenvalue weighted by Crippen LogP contribution is 2.48. The lowest BCUT2D eigenvalue weighted by molar-refractivity contribution is -0.138. The number of nitriles is 1. The van der Waals surface area contributed by atoms with Crippen LogP contribution in [0.2, 0.25) is 0 Å². The van der Waals surface area contributed by atoms with Crippen LogP contribution in [0.4, 0.5) is 52.7 Å². The summed E-state index contributed by atoms with van der Waals surface area (Å²) in [6.07, 6.45) is -16.6. The maximum atomic E-state index is 15.6. The van der Waals surface area contributed by atoms with Gasteiger partial charge in [0.05, 0.1) is 79.7 Å². The highest BCUT2D eigenvalue weighted by atomic mass is 19.4. The largest absolute Gasteiger partial charge is 0.418 e. The zero-order valence-electron chi connectivity index (χ0n) is 38.0. The molecule has 4 nitrogen and oxygen atoms in total. The van der Waals surface area contributed by atoms with E-state index in [0.717, 1.165) is 42.5 Å². The Bertz CT molecular complexity index is 3920. The Kier molecular flexibility index (Phi) is 10.9. The van der Waals surface area contributed by atoms with E-state index in [4.69, 9.17) is 0 Å². The van der Waals surface area contributed by atoms with Gasteiger partial charge in [-0.1, -0.05) is 48.5 Å². The van der Waals surface area contributed by atoms with Crippen LogP contribution in [0.5, 0.6) is 0 Å². The number of fused-ring (bicyclic) bond motifs is 6. The molecule has 0 atom stereocenters. The summed E-state index contributed by atoms with van der Waals surface area (Å²) < 4.78 is 179. The number of rotatable bonds is 5. The van der Waals surface area contributed by atoms with Gasteiger partial charge in [0.15, 0.2) is 0 Å². The van der Waals surface area contributed by atoms with Crippen LogP contribution in [-0.2, 0) is 24.7 Å². The average Bonchev–Trinajstić information content (AvgIpc) is 3.81. The fourth-order valence-corrected chi connectivity index (χ4v) is 9.89. The van der Waals surface area contributed by atoms with Crippen molar-refractivity contribution in [2.45, 2.75) is 52.4 Å². The predicted octanol–water partition coefficient (Wildman–Crippen LogP) is 17.5. The summed E-state index contributed by atoms with van der Waals surface area (Å²) in [5, 5.41) is 10.6. The van der Waals surface area contributed by atoms with Gasteiger partial charge in [0, 0.05) is 27.1 Å². The van der Waals surface area contributed by atoms with Gasteiger partial charge in [0.2, 0.25) is 0 Å². The maximum absolute atomic E-state index is 15.6. The minimum Gasteiger partial charge on any atom is -0.307 e. The fraction of sp³-hybridized carbons (Fsp3) is 0.143. The Morgan fingerprint density at radius 2 is 0.861 bits per heavy atom. The monoisotopic (exact) mass is 990 g/mol. The Hall–Kier alpha value is -8.06. The minimum absolute atomic E-state index is 0.00634. The van der Waals surface area contributed by atoms with E-state index in [1.807, 2.05) is 6.07 Å². The number of aryl methyl sites for hydroxylation is 4. The quantitative estimate of drug-likeness (QED) is 0.161. The van der Waals surface area contributed by atoms with Crippen molar-refractivity contribution in [3.8, 4) is 50.8 Å². The van der Waals surface area contributed by atoms with Crippen LogP contribution in [0.3, 0.4) is 0 Å². The number of nitrogens with zero attached hydrogens (tertiary/aromatic N) is 4. The zero-order valence-corrected chi connectivity index (χ0v) is 38.0. The summed E-state index contributed by atoms with van der Waals surface area (Å²) in [5.74, 6) is 0. The molecule has 3 heterocycles. The molecule has 3 aromatic heterocycles. The molecule has 0 radical (unpaired) electrons. The Labute approximate surface area is 401 Å². The van der Waals surface area contributed by atoms with E-state index in [1.165, 1.54) is 105 Å². The second-order valence-corrected chi connectivity index (χ2v) is 17.9. The second kappa shape index (κ2) is 16.5. The highest BCUT2D eigenvalue weighted by molar-refractivity contribution is 6.14. The first kappa shape index (κ1) is 47.6. The molecule has 0 saturated carbocycles. The van der Waals surface area contributed by atoms with E-state index in [9.17, 15) is 44.8 Å². The lowest BCUT2D eigenvalue weighted by Crippen LogP contribution is -2.10. The van der Waals surface area contributed by atoms with Crippen molar-refractivity contribution in [1.82, 2.24) is 14.1 Å². The van der Waals surface area contributed by atoms with Crippen molar-refractivity contribution < 1.29 is 52.7 Å². The van der Waals surface area contributed by atoms with Crippen molar-refractivity contribution in [3.63, 3.8) is 0 Å². The molecule has 16 heteroatoms. The van der Waals surface area contributed by atoms with Crippen molar-refractivity contribution in [3.05, 3.63) is 184 Å². The normalized spacial score (nSPS) is 12.7. The standard InChI is InChI=1S/C56H34F12N4/c1-28-13-36(20-38(15-28)53(57,58)59)34-10-12-42-44-24-40(55(63,64)65)19-31(4)51(44)71(46(42)22-34)48-26-70-27-49(50(48)33-7-5-32(25-69)6-8-33)72-47-23-35(37-14-29(2)16-39(21-37)54(60,61)62)9-11-41(47)43-17-30(3)18-45(52(43)72)56(66,67)68/h5-24,26-27H,1-4H3. The maximum Gasteiger partial charge on any atom is 0.418 e. The van der Waals surface area contributed by atoms with Gasteiger partial charge in [0.25, 0.3) is 0 Å². The first-order valence-corrected chi connectivity index (χ1v) is 22.0. The van der Waals surface area contributed by atoms with Crippen LogP contribution in [0, 0.1) is 39.0 Å². The molecular weight excluding hydrogens is 957 g/mol. The van der Waals surface area contributed by atoms with Gasteiger partial charge in [-0.25, -0.2) is 0 Å². The van der Waals surface area contributed by atoms with Crippen molar-refractivity contribution in [2.75, 3.05) is 0 Å². The highest BCUT2D eigenvalue weighted by Gasteiger charge is 2.38. The Balaban J connectivity index is 1.38. The molecule has 0 spiro atoms. The molecule has 0 amide bonds. The van der Waals surface area contributed by atoms with Crippen LogP contribution in [-0.4, -0.2) is 14.1 Å². The van der Waals surface area contributed by atoms with Gasteiger partial charge in [-0.2, -0.15) is 57.9 Å². The zero-order chi connectivity index (χ0) is 51.6. The molecule has 0 N–H and O–H groups in total. The van der Waals surface area contributed by atoms with Gasteiger partial charge in [-0.15, -0.1) is 0 Å². The van der Waals surface area contributed by atoms with E-state index in [1.54, 1.807) is 22.8 Å². The van der Waals surface area contributed by atoms with Crippen LogP contribution in [0.1, 0.15) is 50.1 Å². The summed E-state index contributed by atoms with van der Waals surface area (Å²) >= 11 is 0. The predicted molar refractivity (Wildman–Crippen MR) is 253 cm³/mol. The molecular formula is C56H34F12N4. The molecule has 72 heavy (non-hydrogen) atoms. The molecule has 10 aromatic rings. The summed E-state index contributed by atoms with van der Waals surface area (Å²) in [7, 11) is 0. The molecule has 0 aliphatic rings. The van der Waals surface area contributed by atoms with E-state index in [2.05, 4.69) is 4.98 Å². The number of pyridine rings is 1. The van der Waals surface area contributed by atoms with Gasteiger partial charge >= 0.3 is 24.7 Å². The molecule has 0 aliphatic carbocycles. The number of benzene rings is 7. The molecule has 0 unspecified atom stereocenters. The van der Waals surface area contributed by atoms with Crippen molar-refractivity contribution in [1.29, 1.82) is 5.26 Å². The number of alkyl halides is 12. The first-order valence-electron chi connectivity index (χ1n) is 22.0. The van der Waals surface area contributed by atoms with Gasteiger partial charge in [-0.3, -0.25) is 4.98 Å². The van der Waals surface area contributed by atoms with Gasteiger partial charge in [-0.05, 0) is 151 Å². The lowest BCUT2D eigenvalue weighted by Gasteiger charge is -2.21. The summed E-state index contributed by atoms with van der Waals surface area (Å²) in [5.41, 5.74) is -1.34. The molecule has 0 aliphatic heterocycles. The number of aromatic nitrogens is 3. The van der Waals surface area contributed by atoms with Crippen LogP contribution in [0.25, 0.3) is 88.4 Å². The number of hydrogen-bond donors (Lipinski definition) is 0. The number of hydrogen-bond acceptors (Lipinski definition) is 2. The first-order chi connectivity index (χ1) is 33.8. The lowest BCUT2D eigenvalue weighted by atomic mass is 9.98. The van der Waals surface area contributed by atoms with E-state index < -0.39 is 47.0 Å². The third kappa shape index (κ3) is 8.16. The van der Waals surface area contributed by atoms with Gasteiger partial charge < -0.3 is 9.13 Å². The van der Waals surface area contributed by atoms with Crippen LogP contribution >= 0.6 is 0 Å². The third-order valence-corrected chi connectivity index (χ3v) is 12.9. The third-order valence-electron chi connectivity index (χ3n) is 12.9. The van der Waals surface area contributed by atoms with Crippen LogP contribution < -0.4 is 0 Å². The van der Waals surface area contributed by atoms with E-state index in [-0.39, 0.29) is 111 Å². The summed E-state index contributed by atoms with van der Waals surface area (Å²) in [4.78, 5) is 4.60. The van der Waals surface area contributed by atoms with Crippen molar-refractivity contribution >= 4 is 43.6 Å². The smallest absolute Gasteiger partial charge is 0.307 e. The molecule has 0 bridgehead atoms. The summed E-state index contributed by atoms with van der Waals surface area (Å²) in [6, 6.07) is 28.4. The molecule has 10 rings (SSSR count). The minimum atomic E-state index is -4.98. The molecule has 0 fully saturated rings.